The topological polar surface area (TPSA) is 53.9 Å². The molecule has 23 heavy (non-hydrogen) atoms. The number of carbonyl (C=O) groups is 1. The van der Waals surface area contributed by atoms with Crippen LogP contribution in [0.4, 0.5) is 5.69 Å². The van der Waals surface area contributed by atoms with Crippen LogP contribution in [0.25, 0.3) is 11.3 Å². The maximum atomic E-state index is 12.5. The number of hydrogen-bond acceptors (Lipinski definition) is 4. The number of rotatable bonds is 2. The molecule has 1 fully saturated rings. The number of hydrogen-bond donors (Lipinski definition) is 1. The molecular formula is C18H14N2O3. The molecule has 1 saturated heterocycles. The summed E-state index contributed by atoms with van der Waals surface area (Å²) in [5, 5.41) is 4.76. The highest BCUT2D eigenvalue weighted by Crippen LogP contribution is 2.46. The van der Waals surface area contributed by atoms with Crippen molar-refractivity contribution in [3.63, 3.8) is 0 Å². The molecule has 3 aliphatic rings. The predicted octanol–water partition coefficient (Wildman–Crippen LogP) is 2.78. The Balaban J connectivity index is 1.67. The molecule has 0 saturated carbocycles. The van der Waals surface area contributed by atoms with Gasteiger partial charge in [0.05, 0.1) is 12.1 Å². The van der Waals surface area contributed by atoms with E-state index in [2.05, 4.69) is 11.4 Å². The lowest BCUT2D eigenvalue weighted by molar-refractivity contribution is -0.110. The number of benzene rings is 2. The van der Waals surface area contributed by atoms with E-state index in [1.807, 2.05) is 47.5 Å². The minimum Gasteiger partial charge on any atom is -0.483 e. The molecule has 1 N–H and O–H groups in total. The van der Waals surface area contributed by atoms with Crippen LogP contribution in [0.15, 0.2) is 48.5 Å². The summed E-state index contributed by atoms with van der Waals surface area (Å²) >= 11 is 0. The molecule has 2 aromatic rings. The van der Waals surface area contributed by atoms with Gasteiger partial charge in [0, 0.05) is 22.4 Å². The summed E-state index contributed by atoms with van der Waals surface area (Å²) in [4.78, 5) is 17.7. The Bertz CT molecular complexity index is 855. The smallest absolute Gasteiger partial charge is 0.260 e. The molecule has 0 spiro atoms. The molecule has 114 valence electrons. The first-order valence-electron chi connectivity index (χ1n) is 7.60. The summed E-state index contributed by atoms with van der Waals surface area (Å²) in [5.74, 6) is 0.550. The molecule has 5 nitrogen and oxygen atoms in total. The zero-order chi connectivity index (χ0) is 15.4. The van der Waals surface area contributed by atoms with Gasteiger partial charge < -0.3 is 10.1 Å². The summed E-state index contributed by atoms with van der Waals surface area (Å²) in [6, 6.07) is 15.7. The minimum atomic E-state index is -0.114. The molecule has 0 aliphatic carbocycles. The number of ether oxygens (including phenoxy) is 1. The third-order valence-electron chi connectivity index (χ3n) is 4.39. The van der Waals surface area contributed by atoms with Gasteiger partial charge in [-0.3, -0.25) is 9.63 Å². The molecule has 3 heterocycles. The van der Waals surface area contributed by atoms with Gasteiger partial charge in [0.1, 0.15) is 18.6 Å². The van der Waals surface area contributed by atoms with Crippen LogP contribution in [0.3, 0.4) is 0 Å². The highest BCUT2D eigenvalue weighted by Gasteiger charge is 2.38. The van der Waals surface area contributed by atoms with Gasteiger partial charge >= 0.3 is 0 Å². The molecule has 0 radical (unpaired) electrons. The van der Waals surface area contributed by atoms with Gasteiger partial charge in [0.15, 0.2) is 0 Å². The highest BCUT2D eigenvalue weighted by atomic mass is 16.8. The van der Waals surface area contributed by atoms with Gasteiger partial charge in [0.25, 0.3) is 5.91 Å². The van der Waals surface area contributed by atoms with Gasteiger partial charge in [0.2, 0.25) is 0 Å². The number of para-hydroxylation sites is 1. The van der Waals surface area contributed by atoms with E-state index in [1.54, 1.807) is 0 Å². The SMILES string of the molecule is O=C1Nc2ccccc2/C1=C1\OC(CN2CO2)c2ccccc21. The van der Waals surface area contributed by atoms with Crippen molar-refractivity contribution in [2.24, 2.45) is 0 Å². The third-order valence-corrected chi connectivity index (χ3v) is 4.39. The van der Waals surface area contributed by atoms with Gasteiger partial charge in [-0.25, -0.2) is 0 Å². The van der Waals surface area contributed by atoms with Gasteiger partial charge in [-0.2, -0.15) is 5.06 Å². The molecule has 2 unspecified atom stereocenters. The van der Waals surface area contributed by atoms with E-state index in [1.165, 1.54) is 0 Å². The summed E-state index contributed by atoms with van der Waals surface area (Å²) in [6.45, 7) is 1.30. The van der Waals surface area contributed by atoms with E-state index in [4.69, 9.17) is 9.57 Å². The van der Waals surface area contributed by atoms with Crippen LogP contribution in [-0.2, 0) is 14.4 Å². The Morgan fingerprint density at radius 2 is 1.83 bits per heavy atom. The maximum absolute atomic E-state index is 12.5. The fraction of sp³-hybridized carbons (Fsp3) is 0.167. The number of hydroxylamine groups is 2. The van der Waals surface area contributed by atoms with Crippen LogP contribution in [0.5, 0.6) is 0 Å². The van der Waals surface area contributed by atoms with Crippen LogP contribution in [0.2, 0.25) is 0 Å². The number of nitrogens with one attached hydrogen (secondary N) is 1. The zero-order valence-corrected chi connectivity index (χ0v) is 12.3. The third kappa shape index (κ3) is 1.98. The molecular weight excluding hydrogens is 292 g/mol. The minimum absolute atomic E-state index is 0.111. The average Bonchev–Trinajstić information content (AvgIpc) is 3.23. The second-order valence-corrected chi connectivity index (χ2v) is 5.82. The van der Waals surface area contributed by atoms with Gasteiger partial charge in [-0.1, -0.05) is 42.5 Å². The second-order valence-electron chi connectivity index (χ2n) is 5.82. The lowest BCUT2D eigenvalue weighted by Crippen LogP contribution is -2.10. The zero-order valence-electron chi connectivity index (χ0n) is 12.3. The number of nitrogens with zero attached hydrogens (tertiary/aromatic N) is 1. The Hall–Kier alpha value is -2.63. The van der Waals surface area contributed by atoms with Crippen molar-refractivity contribution in [1.29, 1.82) is 0 Å². The molecule has 1 amide bonds. The van der Waals surface area contributed by atoms with Crippen LogP contribution >= 0.6 is 0 Å². The van der Waals surface area contributed by atoms with Crippen molar-refractivity contribution in [2.45, 2.75) is 6.10 Å². The monoisotopic (exact) mass is 306 g/mol. The first-order valence-corrected chi connectivity index (χ1v) is 7.60. The number of carbonyl (C=O) groups excluding carboxylic acids is 1. The lowest BCUT2D eigenvalue weighted by Gasteiger charge is -2.11. The van der Waals surface area contributed by atoms with E-state index >= 15 is 0 Å². The normalized spacial score (nSPS) is 27.2. The Kier molecular flexibility index (Phi) is 2.62. The van der Waals surface area contributed by atoms with E-state index < -0.39 is 0 Å². The standard InChI is InChI=1S/C18H14N2O3/c21-18-16(13-7-3-4-8-14(13)19-18)17-12-6-2-1-5-11(12)15(23-17)9-20-10-22-20/h1-8,15H,9-10H2,(H,19,21)/b17-16+. The van der Waals surface area contributed by atoms with Crippen LogP contribution in [0.1, 0.15) is 22.8 Å². The summed E-state index contributed by atoms with van der Waals surface area (Å²) < 4.78 is 6.19. The first kappa shape index (κ1) is 12.9. The largest absolute Gasteiger partial charge is 0.483 e. The highest BCUT2D eigenvalue weighted by molar-refractivity contribution is 6.36. The van der Waals surface area contributed by atoms with E-state index in [-0.39, 0.29) is 12.0 Å². The van der Waals surface area contributed by atoms with E-state index in [0.29, 0.717) is 24.6 Å². The average molecular weight is 306 g/mol. The van der Waals surface area contributed by atoms with Crippen molar-refractivity contribution in [3.8, 4) is 0 Å². The number of amides is 1. The fourth-order valence-corrected chi connectivity index (χ4v) is 3.26. The maximum Gasteiger partial charge on any atom is 0.260 e. The predicted molar refractivity (Wildman–Crippen MR) is 84.8 cm³/mol. The van der Waals surface area contributed by atoms with Crippen molar-refractivity contribution in [3.05, 3.63) is 65.2 Å². The van der Waals surface area contributed by atoms with E-state index in [0.717, 1.165) is 22.4 Å². The van der Waals surface area contributed by atoms with Gasteiger partial charge in [-0.05, 0) is 6.07 Å². The second kappa shape index (κ2) is 4.68. The summed E-state index contributed by atoms with van der Waals surface area (Å²) in [6.07, 6.45) is -0.114. The van der Waals surface area contributed by atoms with Crippen LogP contribution in [0, 0.1) is 0 Å². The quantitative estimate of drug-likeness (QED) is 0.685. The molecule has 5 rings (SSSR count). The number of fused-ring (bicyclic) bond motifs is 2. The van der Waals surface area contributed by atoms with Crippen LogP contribution < -0.4 is 5.32 Å². The molecule has 3 aliphatic heterocycles. The first-order chi connectivity index (χ1) is 11.3. The summed E-state index contributed by atoms with van der Waals surface area (Å²) in [7, 11) is 0. The summed E-state index contributed by atoms with van der Waals surface area (Å²) in [5.41, 5.74) is 4.43. The molecule has 2 aromatic carbocycles. The molecule has 5 heteroatoms. The van der Waals surface area contributed by atoms with Crippen LogP contribution in [-0.4, -0.2) is 24.2 Å². The Labute approximate surface area is 133 Å². The number of anilines is 1. The Morgan fingerprint density at radius 1 is 1.09 bits per heavy atom. The van der Waals surface area contributed by atoms with Gasteiger partial charge in [-0.15, -0.1) is 0 Å². The van der Waals surface area contributed by atoms with Crippen molar-refractivity contribution >= 4 is 22.9 Å². The van der Waals surface area contributed by atoms with Crippen molar-refractivity contribution < 1.29 is 14.4 Å². The Morgan fingerprint density at radius 3 is 2.65 bits per heavy atom. The lowest BCUT2D eigenvalue weighted by atomic mass is 9.99. The fourth-order valence-electron chi connectivity index (χ4n) is 3.26. The molecule has 0 aromatic heterocycles. The van der Waals surface area contributed by atoms with Crippen molar-refractivity contribution in [2.75, 3.05) is 18.6 Å². The van der Waals surface area contributed by atoms with Crippen molar-refractivity contribution in [1.82, 2.24) is 5.06 Å². The molecule has 2 atom stereocenters. The van der Waals surface area contributed by atoms with E-state index in [9.17, 15) is 4.79 Å². The molecule has 0 bridgehead atoms.